The van der Waals surface area contributed by atoms with Crippen LogP contribution in [0.1, 0.15) is 55.0 Å². The zero-order valence-corrected chi connectivity index (χ0v) is 32.0. The van der Waals surface area contributed by atoms with Gasteiger partial charge in [0.1, 0.15) is 0 Å². The number of hydrogen-bond donors (Lipinski definition) is 1. The lowest BCUT2D eigenvalue weighted by Crippen LogP contribution is -2.39. The number of rotatable bonds is 6. The smallest absolute Gasteiger partial charge is 0.223 e. The number of piperidine rings is 2. The molecule has 48 heavy (non-hydrogen) atoms. The summed E-state index contributed by atoms with van der Waals surface area (Å²) in [6, 6.07) is 25.8. The van der Waals surface area contributed by atoms with Crippen molar-refractivity contribution in [3.8, 4) is 0 Å². The standard InChI is InChI=1S/C17H21BrN4.C14H19N.C8H7Br.C2H4/c1-12-4-3-5-15(10-12)22-8-6-14(7-9-22)21-17-19-11-16(18)13(2)20-17;1-3-13-5-4-6-14(11-13)15-9-7-12(2)8-10-15;1-2-7-4-3-5-8(9)6-7;1-2/h3-5,10-11,14H,6-9H2,1-2H3,(H,19,20,21);3-6,11-12H,1,7-10H2,2H3;2-6H,1H2;1-2H2. The van der Waals surface area contributed by atoms with Gasteiger partial charge in [-0.25, -0.2) is 9.97 Å². The molecule has 1 aromatic heterocycles. The number of aryl methyl sites for hydroxylation is 2. The minimum Gasteiger partial charge on any atom is -0.371 e. The zero-order chi connectivity index (χ0) is 34.9. The third-order valence-corrected chi connectivity index (χ3v) is 9.73. The summed E-state index contributed by atoms with van der Waals surface area (Å²) in [5.41, 5.74) is 7.31. The SMILES string of the molecule is C=C.C=Cc1cccc(Br)c1.C=Cc1cccc(N2CCC(C)CC2)c1.Cc1cccc(N2CCC(Nc3ncc(Br)c(C)n3)CC2)c1. The molecule has 0 unspecified atom stereocenters. The summed E-state index contributed by atoms with van der Waals surface area (Å²) in [5.74, 6) is 1.62. The minimum absolute atomic E-state index is 0.446. The first-order valence-electron chi connectivity index (χ1n) is 16.7. The molecule has 5 nitrogen and oxygen atoms in total. The quantitative estimate of drug-likeness (QED) is 0.198. The molecule has 3 heterocycles. The van der Waals surface area contributed by atoms with Gasteiger partial charge in [0.25, 0.3) is 0 Å². The van der Waals surface area contributed by atoms with Crippen LogP contribution in [0.5, 0.6) is 0 Å². The van der Waals surface area contributed by atoms with Crippen LogP contribution in [0.2, 0.25) is 0 Å². The van der Waals surface area contributed by atoms with E-state index < -0.39 is 0 Å². The van der Waals surface area contributed by atoms with Gasteiger partial charge in [-0.15, -0.1) is 13.2 Å². The Labute approximate surface area is 306 Å². The van der Waals surface area contributed by atoms with E-state index in [4.69, 9.17) is 0 Å². The molecule has 0 bridgehead atoms. The molecule has 254 valence electrons. The molecule has 0 aliphatic carbocycles. The number of anilines is 3. The highest BCUT2D eigenvalue weighted by molar-refractivity contribution is 9.10. The number of halogens is 2. The summed E-state index contributed by atoms with van der Waals surface area (Å²) < 4.78 is 2.05. The first-order valence-corrected chi connectivity index (χ1v) is 18.3. The van der Waals surface area contributed by atoms with Crippen molar-refractivity contribution in [1.82, 2.24) is 9.97 Å². The first kappa shape index (κ1) is 38.8. The van der Waals surface area contributed by atoms with Crippen molar-refractivity contribution < 1.29 is 0 Å². The Balaban J connectivity index is 0.000000208. The summed E-state index contributed by atoms with van der Waals surface area (Å²) in [6.45, 7) is 24.5. The number of hydrogen-bond acceptors (Lipinski definition) is 5. The molecule has 2 saturated heterocycles. The van der Waals surface area contributed by atoms with Crippen LogP contribution in [0.3, 0.4) is 0 Å². The second-order valence-electron chi connectivity index (χ2n) is 12.1. The van der Waals surface area contributed by atoms with Crippen LogP contribution in [0.4, 0.5) is 17.3 Å². The first-order chi connectivity index (χ1) is 23.2. The molecular weight excluding hydrogens is 722 g/mol. The van der Waals surface area contributed by atoms with Gasteiger partial charge >= 0.3 is 0 Å². The predicted molar refractivity (Wildman–Crippen MR) is 217 cm³/mol. The van der Waals surface area contributed by atoms with Crippen molar-refractivity contribution in [3.05, 3.63) is 137 Å². The third kappa shape index (κ3) is 12.7. The average molecular weight is 774 g/mol. The highest BCUT2D eigenvalue weighted by Gasteiger charge is 2.20. The number of nitrogens with zero attached hydrogens (tertiary/aromatic N) is 4. The maximum absolute atomic E-state index is 4.47. The molecule has 0 spiro atoms. The van der Waals surface area contributed by atoms with Gasteiger partial charge < -0.3 is 15.1 Å². The largest absolute Gasteiger partial charge is 0.371 e. The fourth-order valence-corrected chi connectivity index (χ4v) is 6.17. The van der Waals surface area contributed by atoms with E-state index in [1.54, 1.807) is 0 Å². The lowest BCUT2D eigenvalue weighted by atomic mass is 9.98. The van der Waals surface area contributed by atoms with Crippen LogP contribution in [-0.2, 0) is 0 Å². The predicted octanol–water partition coefficient (Wildman–Crippen LogP) is 11.4. The van der Waals surface area contributed by atoms with Gasteiger partial charge in [0.2, 0.25) is 5.95 Å². The third-order valence-electron chi connectivity index (χ3n) is 8.45. The van der Waals surface area contributed by atoms with Crippen molar-refractivity contribution >= 4 is 61.3 Å². The van der Waals surface area contributed by atoms with Crippen LogP contribution in [0.25, 0.3) is 12.2 Å². The van der Waals surface area contributed by atoms with E-state index in [0.717, 1.165) is 58.0 Å². The Bertz CT molecular complexity index is 1570. The lowest BCUT2D eigenvalue weighted by molar-refractivity contribution is 0.438. The normalized spacial score (nSPS) is 14.6. The summed E-state index contributed by atoms with van der Waals surface area (Å²) in [7, 11) is 0. The monoisotopic (exact) mass is 771 g/mol. The van der Waals surface area contributed by atoms with Crippen molar-refractivity contribution in [2.24, 2.45) is 5.92 Å². The number of aromatic nitrogens is 2. The van der Waals surface area contributed by atoms with Crippen molar-refractivity contribution in [1.29, 1.82) is 0 Å². The second kappa shape index (κ2) is 20.6. The summed E-state index contributed by atoms with van der Waals surface area (Å²) in [6.07, 6.45) is 10.4. The Hall–Kier alpha value is -3.68. The molecule has 4 aromatic rings. The van der Waals surface area contributed by atoms with Crippen molar-refractivity contribution in [2.45, 2.75) is 52.5 Å². The van der Waals surface area contributed by atoms with E-state index in [9.17, 15) is 0 Å². The van der Waals surface area contributed by atoms with Crippen LogP contribution >= 0.6 is 31.9 Å². The molecule has 3 aromatic carbocycles. The summed E-state index contributed by atoms with van der Waals surface area (Å²) >= 11 is 6.79. The van der Waals surface area contributed by atoms with E-state index in [0.29, 0.717) is 6.04 Å². The Morgan fingerprint density at radius 1 is 0.750 bits per heavy atom. The van der Waals surface area contributed by atoms with Gasteiger partial charge in [0.05, 0.1) is 10.2 Å². The van der Waals surface area contributed by atoms with E-state index in [2.05, 4.69) is 146 Å². The molecule has 7 heteroatoms. The molecule has 2 aliphatic rings. The molecule has 1 N–H and O–H groups in total. The molecule has 0 saturated carbocycles. The van der Waals surface area contributed by atoms with Gasteiger partial charge in [0, 0.05) is 54.3 Å². The van der Waals surface area contributed by atoms with E-state index in [1.165, 1.54) is 48.4 Å². The zero-order valence-electron chi connectivity index (χ0n) is 28.8. The van der Waals surface area contributed by atoms with Gasteiger partial charge in [-0.2, -0.15) is 0 Å². The molecule has 2 fully saturated rings. The lowest BCUT2D eigenvalue weighted by Gasteiger charge is -2.34. The van der Waals surface area contributed by atoms with Crippen LogP contribution in [0.15, 0.2) is 114 Å². The van der Waals surface area contributed by atoms with Gasteiger partial charge in [-0.3, -0.25) is 0 Å². The van der Waals surface area contributed by atoms with Crippen LogP contribution < -0.4 is 15.1 Å². The van der Waals surface area contributed by atoms with E-state index >= 15 is 0 Å². The number of benzene rings is 3. The summed E-state index contributed by atoms with van der Waals surface area (Å²) in [4.78, 5) is 13.7. The van der Waals surface area contributed by atoms with Crippen molar-refractivity contribution in [2.75, 3.05) is 41.3 Å². The van der Waals surface area contributed by atoms with Gasteiger partial charge in [-0.05, 0) is 114 Å². The molecule has 2 aliphatic heterocycles. The highest BCUT2D eigenvalue weighted by Crippen LogP contribution is 2.25. The molecule has 0 amide bonds. The summed E-state index contributed by atoms with van der Waals surface area (Å²) in [5, 5.41) is 3.46. The topological polar surface area (TPSA) is 44.3 Å². The van der Waals surface area contributed by atoms with E-state index in [1.807, 2.05) is 49.5 Å². The molecule has 0 radical (unpaired) electrons. The fourth-order valence-electron chi connectivity index (χ4n) is 5.56. The van der Waals surface area contributed by atoms with E-state index in [-0.39, 0.29) is 0 Å². The molecule has 6 rings (SSSR count). The Morgan fingerprint density at radius 2 is 1.29 bits per heavy atom. The maximum Gasteiger partial charge on any atom is 0.223 e. The van der Waals surface area contributed by atoms with Gasteiger partial charge in [0.15, 0.2) is 0 Å². The number of nitrogens with one attached hydrogen (secondary N) is 1. The maximum atomic E-state index is 4.47. The van der Waals surface area contributed by atoms with Crippen LogP contribution in [-0.4, -0.2) is 42.2 Å². The molecular formula is C41H51Br2N5. The van der Waals surface area contributed by atoms with Gasteiger partial charge in [-0.1, -0.05) is 84.6 Å². The Kier molecular flexibility index (Phi) is 16.7. The van der Waals surface area contributed by atoms with Crippen molar-refractivity contribution in [3.63, 3.8) is 0 Å². The fraction of sp³-hybridized carbons (Fsp3) is 0.317. The average Bonchev–Trinajstić information content (AvgIpc) is 3.12. The van der Waals surface area contributed by atoms with Crippen LogP contribution in [0, 0.1) is 19.8 Å². The molecule has 0 atom stereocenters. The second-order valence-corrected chi connectivity index (χ2v) is 13.9. The Morgan fingerprint density at radius 3 is 1.83 bits per heavy atom. The minimum atomic E-state index is 0.446. The highest BCUT2D eigenvalue weighted by atomic mass is 79.9.